The lowest BCUT2D eigenvalue weighted by Gasteiger charge is -2.24. The zero-order chi connectivity index (χ0) is 40.2. The quantitative estimate of drug-likeness (QED) is 0.179. The predicted molar refractivity (Wildman–Crippen MR) is 249 cm³/mol. The molecule has 59 heavy (non-hydrogen) atoms. The number of hydrogen-bond donors (Lipinski definition) is 0. The Morgan fingerprint density at radius 1 is 0.373 bits per heavy atom. The predicted octanol–water partition coefficient (Wildman–Crippen LogP) is 16.2. The van der Waals surface area contributed by atoms with Gasteiger partial charge in [0.1, 0.15) is 22.3 Å². The smallest absolute Gasteiger partial charge is 0.141 e. The fourth-order valence-electron chi connectivity index (χ4n) is 9.32. The number of benzene rings is 8. The first-order chi connectivity index (χ1) is 28.5. The molecule has 0 unspecified atom stereocenters. The minimum Gasteiger partial charge on any atom is -0.456 e. The Morgan fingerprint density at radius 3 is 1.66 bits per heavy atom. The summed E-state index contributed by atoms with van der Waals surface area (Å²) in [7, 11) is 0. The molecule has 0 fully saturated rings. The molecule has 0 spiro atoms. The van der Waals surface area contributed by atoms with Crippen LogP contribution in [0.15, 0.2) is 173 Å². The summed E-state index contributed by atoms with van der Waals surface area (Å²) in [5.74, 6) is 0. The second kappa shape index (κ2) is 12.8. The number of fused-ring (bicyclic) bond motifs is 9. The van der Waals surface area contributed by atoms with Crippen LogP contribution in [0.2, 0.25) is 0 Å². The molecule has 0 radical (unpaired) electrons. The van der Waals surface area contributed by atoms with E-state index in [1.807, 2.05) is 12.1 Å². The lowest BCUT2D eigenvalue weighted by atomic mass is 9.82. The normalized spacial score (nSPS) is 12.6. The van der Waals surface area contributed by atoms with Crippen molar-refractivity contribution in [2.75, 3.05) is 0 Å². The van der Waals surface area contributed by atoms with E-state index in [-0.39, 0.29) is 10.8 Å². The van der Waals surface area contributed by atoms with Gasteiger partial charge in [0, 0.05) is 43.6 Å². The van der Waals surface area contributed by atoms with E-state index < -0.39 is 0 Å². The molecule has 286 valence electrons. The molecule has 0 atom stereocenters. The Hall–Kier alpha value is -6.84. The average molecular weight is 764 g/mol. The van der Waals surface area contributed by atoms with Crippen molar-refractivity contribution in [1.82, 2.24) is 4.57 Å². The van der Waals surface area contributed by atoms with Crippen molar-refractivity contribution in [1.29, 1.82) is 0 Å². The van der Waals surface area contributed by atoms with Crippen molar-refractivity contribution in [3.8, 4) is 39.1 Å². The molecule has 11 aromatic rings. The topological polar surface area (TPSA) is 31.2 Å². The second-order valence-electron chi connectivity index (χ2n) is 18.2. The minimum absolute atomic E-state index is 0.170. The fourth-order valence-corrected chi connectivity index (χ4v) is 9.32. The van der Waals surface area contributed by atoms with Gasteiger partial charge >= 0.3 is 0 Å². The first kappa shape index (κ1) is 35.3. The monoisotopic (exact) mass is 763 g/mol. The zero-order valence-corrected chi connectivity index (χ0v) is 34.4. The highest BCUT2D eigenvalue weighted by Gasteiger charge is 2.31. The van der Waals surface area contributed by atoms with Gasteiger partial charge in [0.2, 0.25) is 0 Å². The molecule has 0 saturated carbocycles. The maximum absolute atomic E-state index is 7.33. The molecule has 8 aromatic carbocycles. The maximum atomic E-state index is 7.33. The maximum Gasteiger partial charge on any atom is 0.141 e. The number of aromatic nitrogens is 1. The summed E-state index contributed by atoms with van der Waals surface area (Å²) >= 11 is 0. The highest BCUT2D eigenvalue weighted by molar-refractivity contribution is 6.19. The molecule has 0 aliphatic carbocycles. The Balaban J connectivity index is 1.28. The van der Waals surface area contributed by atoms with Crippen LogP contribution >= 0.6 is 0 Å². The highest BCUT2D eigenvalue weighted by Crippen LogP contribution is 2.50. The molecular formula is C56H45NO2. The Labute approximate surface area is 344 Å². The van der Waals surface area contributed by atoms with Crippen molar-refractivity contribution >= 4 is 65.7 Å². The third-order valence-electron chi connectivity index (χ3n) is 12.2. The van der Waals surface area contributed by atoms with Crippen molar-refractivity contribution in [2.45, 2.75) is 52.4 Å². The van der Waals surface area contributed by atoms with Crippen molar-refractivity contribution < 1.29 is 8.83 Å². The van der Waals surface area contributed by atoms with Crippen LogP contribution in [0.25, 0.3) is 105 Å². The van der Waals surface area contributed by atoms with E-state index >= 15 is 0 Å². The van der Waals surface area contributed by atoms with E-state index in [2.05, 4.69) is 198 Å². The van der Waals surface area contributed by atoms with E-state index in [1.54, 1.807) is 0 Å². The summed E-state index contributed by atoms with van der Waals surface area (Å²) in [6, 6.07) is 59.5. The number of furan rings is 2. The van der Waals surface area contributed by atoms with Crippen LogP contribution in [0.3, 0.4) is 0 Å². The first-order valence-corrected chi connectivity index (χ1v) is 20.7. The van der Waals surface area contributed by atoms with Gasteiger partial charge in [-0.1, -0.05) is 151 Å². The molecule has 0 amide bonds. The van der Waals surface area contributed by atoms with Crippen LogP contribution in [0.5, 0.6) is 0 Å². The van der Waals surface area contributed by atoms with Gasteiger partial charge in [-0.15, -0.1) is 0 Å². The molecular weight excluding hydrogens is 719 g/mol. The van der Waals surface area contributed by atoms with E-state index in [0.717, 1.165) is 66.2 Å². The Morgan fingerprint density at radius 2 is 0.932 bits per heavy atom. The van der Waals surface area contributed by atoms with E-state index in [1.165, 1.54) is 49.7 Å². The zero-order valence-electron chi connectivity index (χ0n) is 34.4. The van der Waals surface area contributed by atoms with Gasteiger partial charge in [0.05, 0.1) is 22.1 Å². The van der Waals surface area contributed by atoms with Gasteiger partial charge in [-0.05, 0) is 93.2 Å². The van der Waals surface area contributed by atoms with Crippen molar-refractivity contribution in [3.63, 3.8) is 0 Å². The molecule has 0 N–H and O–H groups in total. The summed E-state index contributed by atoms with van der Waals surface area (Å²) in [4.78, 5) is 0. The van der Waals surface area contributed by atoms with E-state index in [9.17, 15) is 0 Å². The minimum atomic E-state index is -0.199. The standard InChI is InChI=1S/C56H45NO2/c1-55(2,3)45-32-38(34-17-9-7-10-18-34)31-44-51-52(41(35-19-11-8-12-20-35)33-46(56(4,5)6)54(51)59-53(44)45)57-47-23-15-13-21-39(47)42-29-36(25-27-48(42)57)37-26-28-50-43(30-37)40-22-14-16-24-49(40)58-50/h7-33H,1-6H3. The van der Waals surface area contributed by atoms with E-state index in [4.69, 9.17) is 8.83 Å². The lowest BCUT2D eigenvalue weighted by Crippen LogP contribution is -2.13. The third kappa shape index (κ3) is 5.56. The van der Waals surface area contributed by atoms with Crippen LogP contribution in [-0.2, 0) is 10.8 Å². The molecule has 0 aliphatic heterocycles. The molecule has 0 saturated heterocycles. The third-order valence-corrected chi connectivity index (χ3v) is 12.2. The Kier molecular flexibility index (Phi) is 7.68. The molecule has 11 rings (SSSR count). The van der Waals surface area contributed by atoms with Gasteiger partial charge in [0.25, 0.3) is 0 Å². The van der Waals surface area contributed by atoms with Crippen LogP contribution in [0, 0.1) is 0 Å². The molecule has 0 bridgehead atoms. The summed E-state index contributed by atoms with van der Waals surface area (Å²) < 4.78 is 16.0. The SMILES string of the molecule is CC(C)(C)c1cc(-c2ccccc2)cc2c1oc1c(C(C)(C)C)cc(-c3ccccc3)c(-n3c4ccccc4c4cc(-c5ccc6oc7ccccc7c6c5)ccc43)c12. The summed E-state index contributed by atoms with van der Waals surface area (Å²) in [5, 5.41) is 6.95. The van der Waals surface area contributed by atoms with Crippen LogP contribution in [0.4, 0.5) is 0 Å². The number of rotatable bonds is 4. The molecule has 3 heterocycles. The van der Waals surface area contributed by atoms with Crippen LogP contribution in [-0.4, -0.2) is 4.57 Å². The second-order valence-corrected chi connectivity index (χ2v) is 18.2. The highest BCUT2D eigenvalue weighted by atomic mass is 16.3. The van der Waals surface area contributed by atoms with Gasteiger partial charge in [-0.25, -0.2) is 0 Å². The van der Waals surface area contributed by atoms with E-state index in [0.29, 0.717) is 0 Å². The van der Waals surface area contributed by atoms with Gasteiger partial charge in [-0.2, -0.15) is 0 Å². The van der Waals surface area contributed by atoms with Crippen molar-refractivity contribution in [3.05, 3.63) is 175 Å². The number of para-hydroxylation sites is 2. The van der Waals surface area contributed by atoms with Gasteiger partial charge in [0.15, 0.2) is 0 Å². The summed E-state index contributed by atoms with van der Waals surface area (Å²) in [6.07, 6.45) is 0. The summed E-state index contributed by atoms with van der Waals surface area (Å²) in [5.41, 5.74) is 16.2. The van der Waals surface area contributed by atoms with Crippen molar-refractivity contribution in [2.24, 2.45) is 0 Å². The average Bonchev–Trinajstić information content (AvgIpc) is 3.92. The van der Waals surface area contributed by atoms with Gasteiger partial charge in [-0.3, -0.25) is 0 Å². The Bertz CT molecular complexity index is 3440. The van der Waals surface area contributed by atoms with Crippen LogP contribution < -0.4 is 0 Å². The lowest BCUT2D eigenvalue weighted by molar-refractivity contribution is 0.557. The molecule has 3 aromatic heterocycles. The molecule has 3 heteroatoms. The number of nitrogens with zero attached hydrogens (tertiary/aromatic N) is 1. The fraction of sp³-hybridized carbons (Fsp3) is 0.143. The van der Waals surface area contributed by atoms with Crippen LogP contribution in [0.1, 0.15) is 52.7 Å². The largest absolute Gasteiger partial charge is 0.456 e. The number of hydrogen-bond acceptors (Lipinski definition) is 2. The molecule has 0 aliphatic rings. The molecule has 3 nitrogen and oxygen atoms in total. The first-order valence-electron chi connectivity index (χ1n) is 20.7. The summed E-state index contributed by atoms with van der Waals surface area (Å²) in [6.45, 7) is 13.8. The van der Waals surface area contributed by atoms with Gasteiger partial charge < -0.3 is 13.4 Å².